The largest absolute Gasteiger partial charge is 0.343 e. The highest BCUT2D eigenvalue weighted by Gasteiger charge is 2.43. The molecule has 0 bridgehead atoms. The van der Waals surface area contributed by atoms with Gasteiger partial charge in [-0.3, -0.25) is 10.3 Å². The minimum Gasteiger partial charge on any atom is -0.343 e. The van der Waals surface area contributed by atoms with E-state index in [9.17, 15) is 0 Å². The van der Waals surface area contributed by atoms with E-state index in [1.54, 1.807) is 0 Å². The molecular weight excluding hydrogens is 645 g/mol. The fourth-order valence-corrected chi connectivity index (χ4v) is 8.31. The summed E-state index contributed by atoms with van der Waals surface area (Å²) >= 11 is 0. The first-order valence-corrected chi connectivity index (χ1v) is 18.4. The van der Waals surface area contributed by atoms with E-state index in [-0.39, 0.29) is 24.3 Å². The van der Waals surface area contributed by atoms with Crippen LogP contribution < -0.4 is 15.5 Å². The number of amidine groups is 1. The minimum absolute atomic E-state index is 0.0430. The highest BCUT2D eigenvalue weighted by Crippen LogP contribution is 2.46. The molecule has 7 aromatic rings. The van der Waals surface area contributed by atoms with Crippen molar-refractivity contribution in [3.8, 4) is 11.1 Å². The van der Waals surface area contributed by atoms with Crippen LogP contribution >= 0.6 is 0 Å². The summed E-state index contributed by atoms with van der Waals surface area (Å²) in [7, 11) is 0. The van der Waals surface area contributed by atoms with Crippen molar-refractivity contribution in [1.82, 2.24) is 10.6 Å². The molecular formula is C49H38N4. The van der Waals surface area contributed by atoms with Crippen molar-refractivity contribution in [2.75, 3.05) is 4.90 Å². The van der Waals surface area contributed by atoms with E-state index >= 15 is 0 Å². The van der Waals surface area contributed by atoms with E-state index in [2.05, 4.69) is 210 Å². The highest BCUT2D eigenvalue weighted by atomic mass is 15.4. The molecule has 254 valence electrons. The topological polar surface area (TPSA) is 39.7 Å². The summed E-state index contributed by atoms with van der Waals surface area (Å²) < 4.78 is 0. The Labute approximate surface area is 310 Å². The summed E-state index contributed by atoms with van der Waals surface area (Å²) in [4.78, 5) is 7.87. The van der Waals surface area contributed by atoms with Gasteiger partial charge in [0, 0.05) is 16.9 Å². The predicted octanol–water partition coefficient (Wildman–Crippen LogP) is 10.9. The Bertz CT molecular complexity index is 2510. The summed E-state index contributed by atoms with van der Waals surface area (Å²) in [5.74, 6) is 0.874. The number of hydrogen-bond acceptors (Lipinski definition) is 4. The van der Waals surface area contributed by atoms with Crippen LogP contribution in [0.3, 0.4) is 0 Å². The molecule has 2 N–H and O–H groups in total. The molecule has 1 aliphatic carbocycles. The van der Waals surface area contributed by atoms with Crippen LogP contribution in [0.5, 0.6) is 0 Å². The molecule has 4 unspecified atom stereocenters. The Morgan fingerprint density at radius 2 is 1.19 bits per heavy atom. The van der Waals surface area contributed by atoms with Gasteiger partial charge < -0.3 is 10.2 Å². The van der Waals surface area contributed by atoms with Gasteiger partial charge >= 0.3 is 0 Å². The first-order chi connectivity index (χ1) is 26.3. The average molecular weight is 683 g/mol. The molecule has 53 heavy (non-hydrogen) atoms. The van der Waals surface area contributed by atoms with E-state index in [4.69, 9.17) is 4.99 Å². The third-order valence-electron chi connectivity index (χ3n) is 10.9. The Balaban J connectivity index is 1.03. The van der Waals surface area contributed by atoms with Crippen LogP contribution in [-0.4, -0.2) is 11.9 Å². The smallest absolute Gasteiger partial charge is 0.133 e. The lowest BCUT2D eigenvalue weighted by atomic mass is 9.85. The minimum atomic E-state index is -0.127. The normalized spacial score (nSPS) is 20.3. The third-order valence-corrected chi connectivity index (χ3v) is 10.9. The number of anilines is 1. The third kappa shape index (κ3) is 5.74. The maximum atomic E-state index is 5.33. The fraction of sp³-hybridized carbons (Fsp3) is 0.0816. The van der Waals surface area contributed by atoms with Crippen LogP contribution in [0.15, 0.2) is 193 Å². The molecule has 0 radical (unpaired) electrons. The van der Waals surface area contributed by atoms with Crippen molar-refractivity contribution in [2.24, 2.45) is 4.99 Å². The van der Waals surface area contributed by atoms with E-state index < -0.39 is 0 Å². The number of aliphatic imine (C=N–C) groups is 1. The Morgan fingerprint density at radius 1 is 0.547 bits per heavy atom. The molecule has 1 saturated heterocycles. The van der Waals surface area contributed by atoms with Crippen LogP contribution in [0.25, 0.3) is 33.7 Å². The fourth-order valence-electron chi connectivity index (χ4n) is 8.31. The number of fused-ring (bicyclic) bond motifs is 5. The lowest BCUT2D eigenvalue weighted by Gasteiger charge is -2.33. The van der Waals surface area contributed by atoms with Gasteiger partial charge in [-0.25, -0.2) is 0 Å². The van der Waals surface area contributed by atoms with Crippen LogP contribution in [0.4, 0.5) is 5.69 Å². The lowest BCUT2D eigenvalue weighted by molar-refractivity contribution is 0.570. The summed E-state index contributed by atoms with van der Waals surface area (Å²) in [5, 5.41) is 10.3. The first kappa shape index (κ1) is 31.3. The molecule has 3 aliphatic rings. The van der Waals surface area contributed by atoms with Gasteiger partial charge in [0.2, 0.25) is 0 Å². The Hall–Kier alpha value is -6.49. The molecule has 0 aromatic heterocycles. The van der Waals surface area contributed by atoms with Crippen LogP contribution in [-0.2, 0) is 0 Å². The van der Waals surface area contributed by atoms with Crippen molar-refractivity contribution in [2.45, 2.75) is 24.3 Å². The van der Waals surface area contributed by atoms with Crippen molar-refractivity contribution >= 4 is 34.1 Å². The quantitative estimate of drug-likeness (QED) is 0.183. The van der Waals surface area contributed by atoms with E-state index in [1.165, 1.54) is 44.3 Å². The van der Waals surface area contributed by atoms with Gasteiger partial charge in [-0.05, 0) is 74.0 Å². The van der Waals surface area contributed by atoms with Crippen molar-refractivity contribution < 1.29 is 0 Å². The molecule has 0 saturated carbocycles. The summed E-state index contributed by atoms with van der Waals surface area (Å²) in [6, 6.07) is 63.1. The number of para-hydroxylation sites is 1. The van der Waals surface area contributed by atoms with E-state index in [1.807, 2.05) is 0 Å². The van der Waals surface area contributed by atoms with E-state index in [0.29, 0.717) is 0 Å². The second kappa shape index (κ2) is 13.2. The Kier molecular flexibility index (Phi) is 7.81. The van der Waals surface area contributed by atoms with Gasteiger partial charge in [0.25, 0.3) is 0 Å². The second-order valence-electron chi connectivity index (χ2n) is 14.0. The first-order valence-electron chi connectivity index (χ1n) is 18.4. The second-order valence-corrected chi connectivity index (χ2v) is 14.0. The molecule has 7 aromatic carbocycles. The molecule has 2 heterocycles. The number of benzene rings is 7. The maximum absolute atomic E-state index is 5.33. The van der Waals surface area contributed by atoms with Crippen LogP contribution in [0.2, 0.25) is 0 Å². The van der Waals surface area contributed by atoms with Crippen molar-refractivity contribution in [1.29, 1.82) is 0 Å². The van der Waals surface area contributed by atoms with E-state index in [0.717, 1.165) is 28.2 Å². The summed E-state index contributed by atoms with van der Waals surface area (Å²) in [6.45, 7) is 0. The van der Waals surface area contributed by atoms with Gasteiger partial charge in [-0.1, -0.05) is 170 Å². The van der Waals surface area contributed by atoms with Gasteiger partial charge in [0.1, 0.15) is 12.0 Å². The number of nitrogens with zero attached hydrogens (tertiary/aromatic N) is 2. The SMILES string of the molecule is C1=CC2C(NC(c3ccccc3)N2c2ccccc2)c2c1ccc1cc(C3=NC(c4ccc(-c5ccccc5)cc4)C=C(c4ccccc4)N3)ccc21. The zero-order valence-corrected chi connectivity index (χ0v) is 29.2. The monoisotopic (exact) mass is 682 g/mol. The average Bonchev–Trinajstić information content (AvgIpc) is 3.64. The standard InChI is InChI=1S/C49H38N4/c1-5-13-33(14-6-1)34-21-23-36(24-22-34)44-32-43(35-15-7-2-8-16-35)50-48(51-44)40-27-29-42-39(31-40)26-25-37-28-30-45-47(46(37)42)52-49(38-17-9-3-10-18-38)53(45)41-19-11-4-12-20-41/h1-32,44-45,47,49,52H,(H,50,51). The number of rotatable bonds is 6. The van der Waals surface area contributed by atoms with Crippen molar-refractivity contribution in [3.63, 3.8) is 0 Å². The molecule has 2 aliphatic heterocycles. The maximum Gasteiger partial charge on any atom is 0.133 e. The van der Waals surface area contributed by atoms with Gasteiger partial charge in [0.05, 0.1) is 18.1 Å². The molecule has 1 fully saturated rings. The number of hydrogen-bond donors (Lipinski definition) is 2. The highest BCUT2D eigenvalue weighted by molar-refractivity contribution is 6.07. The summed E-state index contributed by atoms with van der Waals surface area (Å²) in [5.41, 5.74) is 11.9. The Morgan fingerprint density at radius 3 is 1.92 bits per heavy atom. The van der Waals surface area contributed by atoms with Crippen LogP contribution in [0.1, 0.15) is 51.6 Å². The molecule has 0 amide bonds. The molecule has 10 rings (SSSR count). The van der Waals surface area contributed by atoms with Gasteiger partial charge in [-0.15, -0.1) is 0 Å². The zero-order valence-electron chi connectivity index (χ0n) is 29.2. The molecule has 4 atom stereocenters. The predicted molar refractivity (Wildman–Crippen MR) is 219 cm³/mol. The van der Waals surface area contributed by atoms with Crippen LogP contribution in [0, 0.1) is 0 Å². The molecule has 4 heteroatoms. The summed E-state index contributed by atoms with van der Waals surface area (Å²) in [6.07, 6.45) is 6.97. The number of nitrogens with one attached hydrogen (secondary N) is 2. The van der Waals surface area contributed by atoms with Crippen molar-refractivity contribution in [3.05, 3.63) is 221 Å². The lowest BCUT2D eigenvalue weighted by Crippen LogP contribution is -2.33. The molecule has 4 nitrogen and oxygen atoms in total. The molecule has 0 spiro atoms. The zero-order chi connectivity index (χ0) is 35.1. The van der Waals surface area contributed by atoms with Gasteiger partial charge in [0.15, 0.2) is 0 Å². The van der Waals surface area contributed by atoms with Gasteiger partial charge in [-0.2, -0.15) is 0 Å².